The predicted molar refractivity (Wildman–Crippen MR) is 137 cm³/mol. The lowest BCUT2D eigenvalue weighted by molar-refractivity contribution is -0.142. The van der Waals surface area contributed by atoms with Gasteiger partial charge in [-0.15, -0.1) is 0 Å². The molecule has 2 atom stereocenters. The second-order valence-corrected chi connectivity index (χ2v) is 10.2. The zero-order chi connectivity index (χ0) is 26.8. The first-order valence-corrected chi connectivity index (χ1v) is 12.3. The number of aryl methyl sites for hydroxylation is 1. The van der Waals surface area contributed by atoms with E-state index in [1.54, 1.807) is 34.6 Å². The molecule has 0 saturated carbocycles. The third kappa shape index (κ3) is 9.23. The van der Waals surface area contributed by atoms with Crippen molar-refractivity contribution >= 4 is 17.9 Å². The SMILES string of the molecule is CCCCCNC(=O)C(c1cccc(C)c1C)N(CC#N)C(=O)C(NC(=O)OC(C)(C)C)C(C)C. The molecule has 0 radical (unpaired) electrons. The quantitative estimate of drug-likeness (QED) is 0.352. The molecule has 0 bridgehead atoms. The van der Waals surface area contributed by atoms with E-state index in [0.29, 0.717) is 12.1 Å². The van der Waals surface area contributed by atoms with Crippen LogP contribution in [-0.2, 0) is 14.3 Å². The second kappa shape index (κ2) is 13.7. The summed E-state index contributed by atoms with van der Waals surface area (Å²) in [4.78, 5) is 41.0. The largest absolute Gasteiger partial charge is 0.444 e. The fraction of sp³-hybridized carbons (Fsp3) is 0.630. The van der Waals surface area contributed by atoms with E-state index in [1.807, 2.05) is 38.1 Å². The lowest BCUT2D eigenvalue weighted by Gasteiger charge is -2.34. The number of carbonyl (C=O) groups is 3. The van der Waals surface area contributed by atoms with Crippen LogP contribution in [0.2, 0.25) is 0 Å². The molecule has 0 aromatic heterocycles. The Morgan fingerprint density at radius 3 is 2.34 bits per heavy atom. The Balaban J connectivity index is 3.43. The van der Waals surface area contributed by atoms with Gasteiger partial charge in [0, 0.05) is 6.54 Å². The van der Waals surface area contributed by atoms with Gasteiger partial charge in [-0.3, -0.25) is 9.59 Å². The molecule has 1 aromatic carbocycles. The average molecular weight is 487 g/mol. The van der Waals surface area contributed by atoms with E-state index < -0.39 is 29.7 Å². The van der Waals surface area contributed by atoms with Crippen LogP contribution in [0.1, 0.15) is 83.5 Å². The highest BCUT2D eigenvalue weighted by molar-refractivity contribution is 5.92. The molecule has 0 heterocycles. The van der Waals surface area contributed by atoms with Gasteiger partial charge in [-0.05, 0) is 63.6 Å². The fourth-order valence-corrected chi connectivity index (χ4v) is 3.70. The van der Waals surface area contributed by atoms with Gasteiger partial charge in [-0.1, -0.05) is 51.8 Å². The van der Waals surface area contributed by atoms with Crippen molar-refractivity contribution in [1.82, 2.24) is 15.5 Å². The summed E-state index contributed by atoms with van der Waals surface area (Å²) in [6.07, 6.45) is 2.09. The molecule has 8 nitrogen and oxygen atoms in total. The first-order chi connectivity index (χ1) is 16.3. The topological polar surface area (TPSA) is 112 Å². The van der Waals surface area contributed by atoms with E-state index in [-0.39, 0.29) is 18.4 Å². The van der Waals surface area contributed by atoms with Gasteiger partial charge in [-0.2, -0.15) is 5.26 Å². The van der Waals surface area contributed by atoms with E-state index in [1.165, 1.54) is 4.90 Å². The van der Waals surface area contributed by atoms with Crippen molar-refractivity contribution in [3.8, 4) is 6.07 Å². The van der Waals surface area contributed by atoms with Crippen LogP contribution in [0.15, 0.2) is 18.2 Å². The molecule has 3 amide bonds. The number of unbranched alkanes of at least 4 members (excludes halogenated alkanes) is 2. The lowest BCUT2D eigenvalue weighted by atomic mass is 9.94. The van der Waals surface area contributed by atoms with Crippen LogP contribution in [0, 0.1) is 31.1 Å². The van der Waals surface area contributed by atoms with Crippen LogP contribution >= 0.6 is 0 Å². The Bertz CT molecular complexity index is 915. The number of nitrogens with zero attached hydrogens (tertiary/aromatic N) is 2. The molecule has 2 unspecified atom stereocenters. The van der Waals surface area contributed by atoms with Crippen LogP contribution in [-0.4, -0.2) is 47.5 Å². The Morgan fingerprint density at radius 1 is 1.14 bits per heavy atom. The summed E-state index contributed by atoms with van der Waals surface area (Å²) in [5.74, 6) is -1.16. The highest BCUT2D eigenvalue weighted by atomic mass is 16.6. The number of hydrogen-bond donors (Lipinski definition) is 2. The monoisotopic (exact) mass is 486 g/mol. The summed E-state index contributed by atoms with van der Waals surface area (Å²) in [5.41, 5.74) is 1.77. The van der Waals surface area contributed by atoms with Gasteiger partial charge < -0.3 is 20.3 Å². The summed E-state index contributed by atoms with van der Waals surface area (Å²) in [7, 11) is 0. The smallest absolute Gasteiger partial charge is 0.408 e. The number of amides is 3. The van der Waals surface area contributed by atoms with E-state index in [2.05, 4.69) is 17.6 Å². The molecule has 0 fully saturated rings. The summed E-state index contributed by atoms with van der Waals surface area (Å²) in [6, 6.07) is 5.63. The van der Waals surface area contributed by atoms with Crippen molar-refractivity contribution in [1.29, 1.82) is 5.26 Å². The van der Waals surface area contributed by atoms with E-state index >= 15 is 0 Å². The number of hydrogen-bond acceptors (Lipinski definition) is 5. The van der Waals surface area contributed by atoms with E-state index in [4.69, 9.17) is 4.74 Å². The molecule has 0 aliphatic heterocycles. The number of nitriles is 1. The van der Waals surface area contributed by atoms with E-state index in [9.17, 15) is 19.6 Å². The van der Waals surface area contributed by atoms with Crippen LogP contribution in [0.25, 0.3) is 0 Å². The molecular formula is C27H42N4O4. The maximum Gasteiger partial charge on any atom is 0.408 e. The third-order valence-electron chi connectivity index (χ3n) is 5.71. The van der Waals surface area contributed by atoms with Gasteiger partial charge in [0.2, 0.25) is 11.8 Å². The molecule has 8 heteroatoms. The highest BCUT2D eigenvalue weighted by Crippen LogP contribution is 2.28. The molecule has 0 saturated heterocycles. The van der Waals surface area contributed by atoms with Gasteiger partial charge in [-0.25, -0.2) is 4.79 Å². The molecule has 1 aromatic rings. The number of benzene rings is 1. The van der Waals surface area contributed by atoms with Gasteiger partial charge in [0.05, 0.1) is 6.07 Å². The Labute approximate surface area is 210 Å². The molecule has 0 aliphatic carbocycles. The molecule has 1 rings (SSSR count). The van der Waals surface area contributed by atoms with Crippen LogP contribution < -0.4 is 10.6 Å². The van der Waals surface area contributed by atoms with Crippen LogP contribution in [0.4, 0.5) is 4.79 Å². The molecule has 2 N–H and O–H groups in total. The highest BCUT2D eigenvalue weighted by Gasteiger charge is 2.38. The first-order valence-electron chi connectivity index (χ1n) is 12.3. The van der Waals surface area contributed by atoms with Crippen molar-refractivity contribution in [2.24, 2.45) is 5.92 Å². The first kappa shape index (κ1) is 30.0. The molecule has 35 heavy (non-hydrogen) atoms. The number of ether oxygens (including phenoxy) is 1. The molecular weight excluding hydrogens is 444 g/mol. The van der Waals surface area contributed by atoms with E-state index in [0.717, 1.165) is 30.4 Å². The van der Waals surface area contributed by atoms with Crippen LogP contribution in [0.3, 0.4) is 0 Å². The average Bonchev–Trinajstić information content (AvgIpc) is 2.75. The van der Waals surface area contributed by atoms with Crippen molar-refractivity contribution in [2.45, 2.75) is 92.3 Å². The third-order valence-corrected chi connectivity index (χ3v) is 5.71. The standard InChI is InChI=1S/C27H42N4O4/c1-9-10-11-16-29-24(32)23(21-14-12-13-19(4)20(21)5)31(17-15-28)25(33)22(18(2)3)30-26(34)35-27(6,7)8/h12-14,18,22-23H,9-11,16-17H2,1-8H3,(H,29,32)(H,30,34). The number of rotatable bonds is 11. The Kier molecular flexibility index (Phi) is 11.7. The van der Waals surface area contributed by atoms with Crippen molar-refractivity contribution in [3.05, 3.63) is 34.9 Å². The van der Waals surface area contributed by atoms with Crippen molar-refractivity contribution in [2.75, 3.05) is 13.1 Å². The van der Waals surface area contributed by atoms with Crippen molar-refractivity contribution in [3.63, 3.8) is 0 Å². The zero-order valence-electron chi connectivity index (χ0n) is 22.5. The van der Waals surface area contributed by atoms with Gasteiger partial charge in [0.25, 0.3) is 0 Å². The molecule has 0 aliphatic rings. The Hall–Kier alpha value is -3.08. The second-order valence-electron chi connectivity index (χ2n) is 10.2. The van der Waals surface area contributed by atoms with Crippen LogP contribution in [0.5, 0.6) is 0 Å². The number of nitrogens with one attached hydrogen (secondary N) is 2. The maximum absolute atomic E-state index is 13.8. The van der Waals surface area contributed by atoms with Gasteiger partial charge in [0.1, 0.15) is 24.2 Å². The summed E-state index contributed by atoms with van der Waals surface area (Å²) < 4.78 is 5.35. The predicted octanol–water partition coefficient (Wildman–Crippen LogP) is 4.55. The maximum atomic E-state index is 13.8. The lowest BCUT2D eigenvalue weighted by Crippen LogP contribution is -2.55. The number of carbonyl (C=O) groups excluding carboxylic acids is 3. The molecule has 194 valence electrons. The van der Waals surface area contributed by atoms with Gasteiger partial charge in [0.15, 0.2) is 0 Å². The number of alkyl carbamates (subject to hydrolysis) is 1. The minimum atomic E-state index is -1.01. The van der Waals surface area contributed by atoms with Crippen molar-refractivity contribution < 1.29 is 19.1 Å². The summed E-state index contributed by atoms with van der Waals surface area (Å²) in [5, 5.41) is 15.2. The minimum Gasteiger partial charge on any atom is -0.444 e. The normalized spacial score (nSPS) is 12.9. The Morgan fingerprint density at radius 2 is 1.80 bits per heavy atom. The van der Waals surface area contributed by atoms with Gasteiger partial charge >= 0.3 is 6.09 Å². The summed E-state index contributed by atoms with van der Waals surface area (Å²) >= 11 is 0. The minimum absolute atomic E-state index is 0.303. The summed E-state index contributed by atoms with van der Waals surface area (Å²) in [6.45, 7) is 14.9. The zero-order valence-corrected chi connectivity index (χ0v) is 22.5. The fourth-order valence-electron chi connectivity index (χ4n) is 3.70. The molecule has 0 spiro atoms.